The van der Waals surface area contributed by atoms with Gasteiger partial charge in [-0.05, 0) is 25.1 Å². The molecule has 0 unspecified atom stereocenters. The highest BCUT2D eigenvalue weighted by molar-refractivity contribution is 5.47. The highest BCUT2D eigenvalue weighted by Crippen LogP contribution is 2.16. The number of aromatic nitrogens is 1. The molecule has 4 heteroatoms. The molecule has 19 heavy (non-hydrogen) atoms. The smallest absolute Gasteiger partial charge is 0.130 e. The Hall–Kier alpha value is -2.10. The van der Waals surface area contributed by atoms with E-state index in [1.54, 1.807) is 12.1 Å². The van der Waals surface area contributed by atoms with Crippen LogP contribution in [-0.2, 0) is 6.54 Å². The first-order valence-electron chi connectivity index (χ1n) is 6.36. The van der Waals surface area contributed by atoms with Gasteiger partial charge in [-0.3, -0.25) is 0 Å². The van der Waals surface area contributed by atoms with Gasteiger partial charge in [-0.15, -0.1) is 0 Å². The van der Waals surface area contributed by atoms with Crippen LogP contribution in [0.2, 0.25) is 0 Å². The van der Waals surface area contributed by atoms with Crippen molar-refractivity contribution in [3.63, 3.8) is 0 Å². The third kappa shape index (κ3) is 3.44. The average Bonchev–Trinajstić information content (AvgIpc) is 2.42. The summed E-state index contributed by atoms with van der Waals surface area (Å²) in [6.45, 7) is 3.35. The SMILES string of the molecule is CCNc1cccc(N(C)Cc2ccccc2F)n1. The van der Waals surface area contributed by atoms with Gasteiger partial charge < -0.3 is 10.2 Å². The first-order chi connectivity index (χ1) is 9.20. The van der Waals surface area contributed by atoms with Gasteiger partial charge in [0.25, 0.3) is 0 Å². The molecule has 0 aliphatic rings. The Morgan fingerprint density at radius 1 is 1.16 bits per heavy atom. The van der Waals surface area contributed by atoms with E-state index in [0.29, 0.717) is 12.1 Å². The van der Waals surface area contributed by atoms with Crippen LogP contribution in [0.3, 0.4) is 0 Å². The number of halogens is 1. The van der Waals surface area contributed by atoms with Crippen LogP contribution in [0.5, 0.6) is 0 Å². The molecule has 1 aromatic heterocycles. The molecule has 0 saturated carbocycles. The number of rotatable bonds is 5. The largest absolute Gasteiger partial charge is 0.370 e. The highest BCUT2D eigenvalue weighted by atomic mass is 19.1. The second-order valence-electron chi connectivity index (χ2n) is 4.36. The fraction of sp³-hybridized carbons (Fsp3) is 0.267. The zero-order valence-electron chi connectivity index (χ0n) is 11.2. The normalized spacial score (nSPS) is 10.3. The molecule has 0 saturated heterocycles. The van der Waals surface area contributed by atoms with Crippen molar-refractivity contribution in [2.24, 2.45) is 0 Å². The number of anilines is 2. The van der Waals surface area contributed by atoms with Crippen molar-refractivity contribution < 1.29 is 4.39 Å². The van der Waals surface area contributed by atoms with Gasteiger partial charge in [-0.25, -0.2) is 9.37 Å². The number of nitrogens with one attached hydrogen (secondary N) is 1. The predicted octanol–water partition coefficient (Wildman–Crippen LogP) is 3.29. The fourth-order valence-corrected chi connectivity index (χ4v) is 1.88. The van der Waals surface area contributed by atoms with Crippen LogP contribution in [0.25, 0.3) is 0 Å². The highest BCUT2D eigenvalue weighted by Gasteiger charge is 2.07. The van der Waals surface area contributed by atoms with Crippen molar-refractivity contribution in [1.29, 1.82) is 0 Å². The van der Waals surface area contributed by atoms with Crippen LogP contribution < -0.4 is 10.2 Å². The van der Waals surface area contributed by atoms with E-state index in [9.17, 15) is 4.39 Å². The molecular formula is C15H18FN3. The number of hydrogen-bond acceptors (Lipinski definition) is 3. The Morgan fingerprint density at radius 3 is 2.68 bits per heavy atom. The zero-order chi connectivity index (χ0) is 13.7. The van der Waals surface area contributed by atoms with Crippen molar-refractivity contribution in [2.75, 3.05) is 23.8 Å². The molecule has 1 heterocycles. The van der Waals surface area contributed by atoms with E-state index in [0.717, 1.165) is 18.2 Å². The Kier molecular flexibility index (Phi) is 4.34. The van der Waals surface area contributed by atoms with Crippen LogP contribution >= 0.6 is 0 Å². The van der Waals surface area contributed by atoms with Crippen LogP contribution in [0.15, 0.2) is 42.5 Å². The summed E-state index contributed by atoms with van der Waals surface area (Å²) >= 11 is 0. The Balaban J connectivity index is 2.13. The van der Waals surface area contributed by atoms with E-state index in [1.165, 1.54) is 6.07 Å². The van der Waals surface area contributed by atoms with E-state index in [2.05, 4.69) is 10.3 Å². The van der Waals surface area contributed by atoms with Gasteiger partial charge >= 0.3 is 0 Å². The van der Waals surface area contributed by atoms with Crippen LogP contribution in [0.4, 0.5) is 16.0 Å². The molecule has 0 fully saturated rings. The quantitative estimate of drug-likeness (QED) is 0.893. The molecule has 1 N–H and O–H groups in total. The molecular weight excluding hydrogens is 241 g/mol. The van der Waals surface area contributed by atoms with Crippen LogP contribution in [-0.4, -0.2) is 18.6 Å². The predicted molar refractivity (Wildman–Crippen MR) is 76.9 cm³/mol. The topological polar surface area (TPSA) is 28.2 Å². The van der Waals surface area contributed by atoms with Crippen LogP contribution in [0, 0.1) is 5.82 Å². The van der Waals surface area contributed by atoms with Gasteiger partial charge in [0.1, 0.15) is 17.5 Å². The first kappa shape index (κ1) is 13.3. The maximum absolute atomic E-state index is 13.6. The lowest BCUT2D eigenvalue weighted by atomic mass is 10.2. The molecule has 0 amide bonds. The summed E-state index contributed by atoms with van der Waals surface area (Å²) in [6.07, 6.45) is 0. The molecule has 2 aromatic rings. The van der Waals surface area contributed by atoms with Crippen molar-refractivity contribution in [3.8, 4) is 0 Å². The third-order valence-corrected chi connectivity index (χ3v) is 2.85. The van der Waals surface area contributed by atoms with Gasteiger partial charge in [-0.1, -0.05) is 24.3 Å². The molecule has 0 atom stereocenters. The van der Waals surface area contributed by atoms with Crippen molar-refractivity contribution >= 4 is 11.6 Å². The van der Waals surface area contributed by atoms with Gasteiger partial charge in [0, 0.05) is 25.7 Å². The van der Waals surface area contributed by atoms with Gasteiger partial charge in [0.2, 0.25) is 0 Å². The molecule has 100 valence electrons. The second-order valence-corrected chi connectivity index (χ2v) is 4.36. The van der Waals surface area contributed by atoms with E-state index in [-0.39, 0.29) is 5.82 Å². The maximum Gasteiger partial charge on any atom is 0.130 e. The molecule has 2 rings (SSSR count). The van der Waals surface area contributed by atoms with Gasteiger partial charge in [-0.2, -0.15) is 0 Å². The lowest BCUT2D eigenvalue weighted by Crippen LogP contribution is -2.18. The number of hydrogen-bond donors (Lipinski definition) is 1. The standard InChI is InChI=1S/C15H18FN3/c1-3-17-14-9-6-10-15(18-14)19(2)11-12-7-4-5-8-13(12)16/h4-10H,3,11H2,1-2H3,(H,17,18). The monoisotopic (exact) mass is 259 g/mol. The van der Waals surface area contributed by atoms with E-state index in [1.807, 2.05) is 43.1 Å². The Morgan fingerprint density at radius 2 is 1.95 bits per heavy atom. The molecule has 0 bridgehead atoms. The molecule has 0 aliphatic heterocycles. The molecule has 0 aliphatic carbocycles. The van der Waals surface area contributed by atoms with E-state index < -0.39 is 0 Å². The fourth-order valence-electron chi connectivity index (χ4n) is 1.88. The van der Waals surface area contributed by atoms with Crippen LogP contribution in [0.1, 0.15) is 12.5 Å². The van der Waals surface area contributed by atoms with Gasteiger partial charge in [0.15, 0.2) is 0 Å². The van der Waals surface area contributed by atoms with Gasteiger partial charge in [0.05, 0.1) is 0 Å². The third-order valence-electron chi connectivity index (χ3n) is 2.85. The number of pyridine rings is 1. The summed E-state index contributed by atoms with van der Waals surface area (Å²) in [4.78, 5) is 6.41. The molecule has 0 radical (unpaired) electrons. The summed E-state index contributed by atoms with van der Waals surface area (Å²) in [5.74, 6) is 1.47. The minimum atomic E-state index is -0.183. The lowest BCUT2D eigenvalue weighted by Gasteiger charge is -2.19. The summed E-state index contributed by atoms with van der Waals surface area (Å²) in [6, 6.07) is 12.6. The zero-order valence-corrected chi connectivity index (χ0v) is 11.2. The Bertz CT molecular complexity index is 542. The molecule has 3 nitrogen and oxygen atoms in total. The van der Waals surface area contributed by atoms with E-state index >= 15 is 0 Å². The van der Waals surface area contributed by atoms with Crippen molar-refractivity contribution in [1.82, 2.24) is 4.98 Å². The number of benzene rings is 1. The van der Waals surface area contributed by atoms with E-state index in [4.69, 9.17) is 0 Å². The van der Waals surface area contributed by atoms with Crippen molar-refractivity contribution in [3.05, 3.63) is 53.8 Å². The average molecular weight is 259 g/mol. The van der Waals surface area contributed by atoms with Crippen molar-refractivity contribution in [2.45, 2.75) is 13.5 Å². The molecule has 0 spiro atoms. The summed E-state index contributed by atoms with van der Waals surface area (Å²) in [5.41, 5.74) is 0.667. The minimum Gasteiger partial charge on any atom is -0.370 e. The first-order valence-corrected chi connectivity index (χ1v) is 6.36. The Labute approximate surface area is 113 Å². The maximum atomic E-state index is 13.6. The number of nitrogens with zero attached hydrogens (tertiary/aromatic N) is 2. The lowest BCUT2D eigenvalue weighted by molar-refractivity contribution is 0.607. The summed E-state index contributed by atoms with van der Waals surface area (Å²) in [7, 11) is 1.91. The minimum absolute atomic E-state index is 0.183. The summed E-state index contributed by atoms with van der Waals surface area (Å²) in [5, 5.41) is 3.17. The second kappa shape index (κ2) is 6.18. The summed E-state index contributed by atoms with van der Waals surface area (Å²) < 4.78 is 13.6. The molecule has 1 aromatic carbocycles.